The molecule has 0 fully saturated rings. The van der Waals surface area contributed by atoms with E-state index in [9.17, 15) is 8.42 Å². The maximum Gasteiger partial charge on any atom is 0.242 e. The van der Waals surface area contributed by atoms with Crippen LogP contribution in [0.2, 0.25) is 0 Å². The first kappa shape index (κ1) is 15.9. The van der Waals surface area contributed by atoms with Crippen LogP contribution in [0.15, 0.2) is 40.7 Å². The van der Waals surface area contributed by atoms with Crippen molar-refractivity contribution in [2.24, 2.45) is 0 Å². The van der Waals surface area contributed by atoms with Gasteiger partial charge in [-0.3, -0.25) is 0 Å². The Bertz CT molecular complexity index is 669. The summed E-state index contributed by atoms with van der Waals surface area (Å²) in [5.41, 5.74) is 0.587. The highest BCUT2D eigenvalue weighted by atomic mass is 32.2. The molecule has 0 bridgehead atoms. The Kier molecular flexibility index (Phi) is 5.33. The smallest absolute Gasteiger partial charge is 0.242 e. The lowest BCUT2D eigenvalue weighted by Gasteiger charge is -2.16. The molecule has 1 unspecified atom stereocenters. The van der Waals surface area contributed by atoms with Gasteiger partial charge >= 0.3 is 0 Å². The van der Waals surface area contributed by atoms with E-state index >= 15 is 0 Å². The normalized spacial score (nSPS) is 13.0. The number of anilines is 1. The Hall–Kier alpha value is -1.44. The van der Waals surface area contributed by atoms with Crippen molar-refractivity contribution in [2.75, 3.05) is 11.9 Å². The predicted molar refractivity (Wildman–Crippen MR) is 86.1 cm³/mol. The zero-order chi connectivity index (χ0) is 15.3. The van der Waals surface area contributed by atoms with Crippen LogP contribution in [0.4, 0.5) is 5.69 Å². The van der Waals surface area contributed by atoms with Crippen LogP contribution in [-0.4, -0.2) is 19.9 Å². The highest BCUT2D eigenvalue weighted by molar-refractivity contribution is 7.89. The molecule has 0 spiro atoms. The second kappa shape index (κ2) is 7.02. The van der Waals surface area contributed by atoms with Gasteiger partial charge in [0, 0.05) is 18.1 Å². The molecule has 2 N–H and O–H groups in total. The van der Waals surface area contributed by atoms with Crippen LogP contribution >= 0.6 is 11.3 Å². The van der Waals surface area contributed by atoms with Crippen LogP contribution in [-0.2, 0) is 10.0 Å². The summed E-state index contributed by atoms with van der Waals surface area (Å²) in [6.07, 6.45) is 2.49. The molecule has 0 aliphatic rings. The number of aromatic nitrogens is 1. The third-order valence-electron chi connectivity index (χ3n) is 2.91. The van der Waals surface area contributed by atoms with Crippen molar-refractivity contribution in [2.45, 2.75) is 31.2 Å². The van der Waals surface area contributed by atoms with Gasteiger partial charge in [-0.15, -0.1) is 11.3 Å². The first-order valence-electron chi connectivity index (χ1n) is 6.79. The Morgan fingerprint density at radius 1 is 1.33 bits per heavy atom. The van der Waals surface area contributed by atoms with Gasteiger partial charge in [-0.05, 0) is 25.5 Å². The van der Waals surface area contributed by atoms with E-state index in [4.69, 9.17) is 0 Å². The quantitative estimate of drug-likeness (QED) is 0.821. The molecule has 114 valence electrons. The standard InChI is InChI=1S/C14H19N3O2S2/c1-3-8-16-21(18,19)13-7-5-4-6-12(13)17-11(2)14-15-9-10-20-14/h4-7,9-11,16-17H,3,8H2,1-2H3. The average molecular weight is 325 g/mol. The van der Waals surface area contributed by atoms with Crippen LogP contribution in [0.1, 0.15) is 31.3 Å². The summed E-state index contributed by atoms with van der Waals surface area (Å²) in [7, 11) is -3.50. The van der Waals surface area contributed by atoms with Crippen molar-refractivity contribution < 1.29 is 8.42 Å². The minimum Gasteiger partial charge on any atom is -0.375 e. The number of nitrogens with one attached hydrogen (secondary N) is 2. The number of hydrogen-bond donors (Lipinski definition) is 2. The topological polar surface area (TPSA) is 71.1 Å². The zero-order valence-corrected chi connectivity index (χ0v) is 13.7. The molecule has 0 aliphatic heterocycles. The summed E-state index contributed by atoms with van der Waals surface area (Å²) in [6.45, 7) is 4.32. The molecule has 0 saturated carbocycles. The fourth-order valence-corrected chi connectivity index (χ4v) is 3.83. The summed E-state index contributed by atoms with van der Waals surface area (Å²) < 4.78 is 27.2. The molecular weight excluding hydrogens is 306 g/mol. The maximum absolute atomic E-state index is 12.3. The second-order valence-electron chi connectivity index (χ2n) is 4.63. The van der Waals surface area contributed by atoms with Crippen molar-refractivity contribution in [1.82, 2.24) is 9.71 Å². The molecule has 2 rings (SSSR count). The summed E-state index contributed by atoms with van der Waals surface area (Å²) in [6, 6.07) is 6.86. The Labute approximate surface area is 129 Å². The van der Waals surface area contributed by atoms with Crippen LogP contribution in [0.3, 0.4) is 0 Å². The molecule has 1 aromatic carbocycles. The van der Waals surface area contributed by atoms with Gasteiger partial charge in [-0.2, -0.15) is 0 Å². The third-order valence-corrected chi connectivity index (χ3v) is 5.39. The number of hydrogen-bond acceptors (Lipinski definition) is 5. The van der Waals surface area contributed by atoms with Gasteiger partial charge in [0.1, 0.15) is 9.90 Å². The lowest BCUT2D eigenvalue weighted by atomic mass is 10.2. The first-order valence-corrected chi connectivity index (χ1v) is 9.15. The summed E-state index contributed by atoms with van der Waals surface area (Å²) >= 11 is 1.54. The van der Waals surface area contributed by atoms with E-state index in [-0.39, 0.29) is 10.9 Å². The van der Waals surface area contributed by atoms with Gasteiger partial charge in [0.2, 0.25) is 10.0 Å². The van der Waals surface area contributed by atoms with Gasteiger partial charge < -0.3 is 5.32 Å². The molecular formula is C14H19N3O2S2. The number of benzene rings is 1. The monoisotopic (exact) mass is 325 g/mol. The molecule has 1 atom stereocenters. The highest BCUT2D eigenvalue weighted by Gasteiger charge is 2.19. The largest absolute Gasteiger partial charge is 0.375 e. The number of sulfonamides is 1. The van der Waals surface area contributed by atoms with Gasteiger partial charge in [-0.25, -0.2) is 18.1 Å². The summed E-state index contributed by atoms with van der Waals surface area (Å²) in [5.74, 6) is 0. The minimum absolute atomic E-state index is 0.0486. The molecule has 5 nitrogen and oxygen atoms in total. The van der Waals surface area contributed by atoms with Crippen molar-refractivity contribution in [3.63, 3.8) is 0 Å². The second-order valence-corrected chi connectivity index (χ2v) is 7.29. The minimum atomic E-state index is -3.50. The molecule has 0 amide bonds. The molecule has 2 aromatic rings. The van der Waals surface area contributed by atoms with E-state index in [0.717, 1.165) is 11.4 Å². The van der Waals surface area contributed by atoms with Gasteiger partial charge in [-0.1, -0.05) is 19.1 Å². The van der Waals surface area contributed by atoms with Gasteiger partial charge in [0.05, 0.1) is 11.7 Å². The Morgan fingerprint density at radius 2 is 2.10 bits per heavy atom. The summed E-state index contributed by atoms with van der Waals surface area (Å²) in [5, 5.41) is 6.05. The first-order chi connectivity index (χ1) is 10.0. The lowest BCUT2D eigenvalue weighted by molar-refractivity contribution is 0.581. The Balaban J connectivity index is 2.25. The molecule has 1 heterocycles. The van der Waals surface area contributed by atoms with Crippen LogP contribution < -0.4 is 10.0 Å². The molecule has 0 aliphatic carbocycles. The molecule has 7 heteroatoms. The lowest BCUT2D eigenvalue weighted by Crippen LogP contribution is -2.25. The predicted octanol–water partition coefficient (Wildman–Crippen LogP) is 3.00. The number of para-hydroxylation sites is 1. The van der Waals surface area contributed by atoms with E-state index in [2.05, 4.69) is 15.0 Å². The average Bonchev–Trinajstić information content (AvgIpc) is 3.00. The van der Waals surface area contributed by atoms with Crippen molar-refractivity contribution in [3.05, 3.63) is 40.8 Å². The molecule has 1 aromatic heterocycles. The maximum atomic E-state index is 12.3. The van der Waals surface area contributed by atoms with Crippen LogP contribution in [0.25, 0.3) is 0 Å². The fourth-order valence-electron chi connectivity index (χ4n) is 1.88. The van der Waals surface area contributed by atoms with E-state index in [0.29, 0.717) is 12.2 Å². The van der Waals surface area contributed by atoms with Crippen LogP contribution in [0.5, 0.6) is 0 Å². The molecule has 0 saturated heterocycles. The van der Waals surface area contributed by atoms with Crippen molar-refractivity contribution in [3.8, 4) is 0 Å². The zero-order valence-electron chi connectivity index (χ0n) is 12.0. The number of thiazole rings is 1. The third kappa shape index (κ3) is 4.03. The van der Waals surface area contributed by atoms with Crippen LogP contribution in [0, 0.1) is 0 Å². The van der Waals surface area contributed by atoms with E-state index < -0.39 is 10.0 Å². The van der Waals surface area contributed by atoms with Crippen molar-refractivity contribution >= 4 is 27.0 Å². The number of rotatable bonds is 7. The van der Waals surface area contributed by atoms with E-state index in [1.807, 2.05) is 25.3 Å². The highest BCUT2D eigenvalue weighted by Crippen LogP contribution is 2.26. The van der Waals surface area contributed by atoms with E-state index in [1.165, 1.54) is 11.3 Å². The molecule has 21 heavy (non-hydrogen) atoms. The van der Waals surface area contributed by atoms with Gasteiger partial charge in [0.25, 0.3) is 0 Å². The van der Waals surface area contributed by atoms with Crippen molar-refractivity contribution in [1.29, 1.82) is 0 Å². The number of nitrogens with zero attached hydrogens (tertiary/aromatic N) is 1. The van der Waals surface area contributed by atoms with E-state index in [1.54, 1.807) is 24.4 Å². The molecule has 0 radical (unpaired) electrons. The SMILES string of the molecule is CCCNS(=O)(=O)c1ccccc1NC(C)c1nccs1. The summed E-state index contributed by atoms with van der Waals surface area (Å²) in [4.78, 5) is 4.51. The van der Waals surface area contributed by atoms with Gasteiger partial charge in [0.15, 0.2) is 0 Å². The fraction of sp³-hybridized carbons (Fsp3) is 0.357. The Morgan fingerprint density at radius 3 is 2.76 bits per heavy atom.